The first-order chi connectivity index (χ1) is 12.5. The fourth-order valence-electron chi connectivity index (χ4n) is 2.12. The van der Waals surface area contributed by atoms with E-state index in [2.05, 4.69) is 33.5 Å². The van der Waals surface area contributed by atoms with Crippen molar-refractivity contribution in [2.75, 3.05) is 19.0 Å². The molecule has 0 aliphatic carbocycles. The Morgan fingerprint density at radius 1 is 1.19 bits per heavy atom. The minimum absolute atomic E-state index is 0.218. The summed E-state index contributed by atoms with van der Waals surface area (Å²) in [6, 6.07) is 12.4. The van der Waals surface area contributed by atoms with Gasteiger partial charge in [-0.25, -0.2) is 0 Å². The Morgan fingerprint density at radius 2 is 1.92 bits per heavy atom. The van der Waals surface area contributed by atoms with Crippen molar-refractivity contribution < 1.29 is 14.3 Å². The molecule has 26 heavy (non-hydrogen) atoms. The van der Waals surface area contributed by atoms with Crippen LogP contribution < -0.4 is 20.1 Å². The minimum Gasteiger partial charge on any atom is -0.496 e. The predicted octanol–water partition coefficient (Wildman–Crippen LogP) is 4.76. The van der Waals surface area contributed by atoms with Crippen LogP contribution in [0, 0.1) is 0 Å². The number of nitrogens with one attached hydrogen (secondary N) is 2. The van der Waals surface area contributed by atoms with E-state index < -0.39 is 0 Å². The summed E-state index contributed by atoms with van der Waals surface area (Å²) < 4.78 is 11.6. The summed E-state index contributed by atoms with van der Waals surface area (Å²) >= 11 is 8.61. The molecule has 0 aliphatic rings. The summed E-state index contributed by atoms with van der Waals surface area (Å²) in [5.41, 5.74) is 1.25. The van der Waals surface area contributed by atoms with Gasteiger partial charge in [0.2, 0.25) is 0 Å². The van der Waals surface area contributed by atoms with Gasteiger partial charge in [-0.05, 0) is 77.0 Å². The first-order valence-corrected chi connectivity index (χ1v) is 9.42. The second-order valence-electron chi connectivity index (χ2n) is 5.48. The van der Waals surface area contributed by atoms with Crippen LogP contribution >= 0.6 is 28.1 Å². The molecule has 0 aromatic heterocycles. The molecule has 0 unspecified atom stereocenters. The average Bonchev–Trinajstić information content (AvgIpc) is 2.62. The zero-order valence-corrected chi connectivity index (χ0v) is 17.1. The predicted molar refractivity (Wildman–Crippen MR) is 111 cm³/mol. The number of hydrogen-bond acceptors (Lipinski definition) is 4. The van der Waals surface area contributed by atoms with Crippen molar-refractivity contribution in [1.82, 2.24) is 5.32 Å². The number of anilines is 1. The second kappa shape index (κ2) is 10.1. The van der Waals surface area contributed by atoms with E-state index in [9.17, 15) is 4.79 Å². The third-order valence-electron chi connectivity index (χ3n) is 3.52. The summed E-state index contributed by atoms with van der Waals surface area (Å²) in [5.74, 6) is 1.18. The van der Waals surface area contributed by atoms with E-state index in [0.29, 0.717) is 17.9 Å². The Kier molecular flexibility index (Phi) is 7.87. The Labute approximate surface area is 167 Å². The fourth-order valence-corrected chi connectivity index (χ4v) is 2.87. The molecule has 2 aromatic carbocycles. The van der Waals surface area contributed by atoms with E-state index in [1.165, 1.54) is 0 Å². The van der Waals surface area contributed by atoms with Gasteiger partial charge < -0.3 is 14.8 Å². The van der Waals surface area contributed by atoms with E-state index in [1.54, 1.807) is 37.4 Å². The summed E-state index contributed by atoms with van der Waals surface area (Å²) in [4.78, 5) is 12.3. The van der Waals surface area contributed by atoms with Crippen molar-refractivity contribution in [1.29, 1.82) is 0 Å². The van der Waals surface area contributed by atoms with Crippen molar-refractivity contribution in [3.8, 4) is 11.5 Å². The maximum atomic E-state index is 12.3. The van der Waals surface area contributed by atoms with Crippen LogP contribution in [0.1, 0.15) is 30.1 Å². The van der Waals surface area contributed by atoms with Crippen LogP contribution in [0.25, 0.3) is 0 Å². The van der Waals surface area contributed by atoms with Crippen LogP contribution in [-0.4, -0.2) is 24.7 Å². The highest BCUT2D eigenvalue weighted by Crippen LogP contribution is 2.27. The standard InChI is InChI=1S/C19H21BrN2O3S/c1-3-4-11-25-15-8-5-13(6-9-15)18(23)22-19(26)21-14-7-10-17(24-2)16(20)12-14/h5-10,12H,3-4,11H2,1-2H3,(H2,21,22,23,26). The maximum Gasteiger partial charge on any atom is 0.257 e. The molecule has 0 spiro atoms. The first-order valence-electron chi connectivity index (χ1n) is 8.22. The van der Waals surface area contributed by atoms with Crippen LogP contribution in [0.3, 0.4) is 0 Å². The molecule has 0 fully saturated rings. The Hall–Kier alpha value is -2.12. The van der Waals surface area contributed by atoms with Gasteiger partial charge in [-0.15, -0.1) is 0 Å². The van der Waals surface area contributed by atoms with Gasteiger partial charge in [-0.2, -0.15) is 0 Å². The SMILES string of the molecule is CCCCOc1ccc(C(=O)NC(=S)Nc2ccc(OC)c(Br)c2)cc1. The Balaban J connectivity index is 1.90. The molecular formula is C19H21BrN2O3S. The van der Waals surface area contributed by atoms with Gasteiger partial charge in [0.05, 0.1) is 18.2 Å². The molecule has 5 nitrogen and oxygen atoms in total. The van der Waals surface area contributed by atoms with Gasteiger partial charge in [0, 0.05) is 11.3 Å². The van der Waals surface area contributed by atoms with Crippen molar-refractivity contribution in [2.45, 2.75) is 19.8 Å². The summed E-state index contributed by atoms with van der Waals surface area (Å²) in [6.07, 6.45) is 2.08. The molecule has 2 rings (SSSR count). The molecule has 0 saturated carbocycles. The number of halogens is 1. The van der Waals surface area contributed by atoms with Gasteiger partial charge in [0.15, 0.2) is 5.11 Å². The number of thiocarbonyl (C=S) groups is 1. The molecule has 7 heteroatoms. The average molecular weight is 437 g/mol. The molecular weight excluding hydrogens is 416 g/mol. The van der Waals surface area contributed by atoms with Crippen LogP contribution in [-0.2, 0) is 0 Å². The van der Waals surface area contributed by atoms with E-state index >= 15 is 0 Å². The van der Waals surface area contributed by atoms with Crippen molar-refractivity contribution in [2.24, 2.45) is 0 Å². The highest BCUT2D eigenvalue weighted by molar-refractivity contribution is 9.10. The molecule has 0 atom stereocenters. The van der Waals surface area contributed by atoms with Crippen LogP contribution in [0.4, 0.5) is 5.69 Å². The van der Waals surface area contributed by atoms with Gasteiger partial charge in [-0.1, -0.05) is 13.3 Å². The lowest BCUT2D eigenvalue weighted by Crippen LogP contribution is -2.34. The number of carbonyl (C=O) groups excluding carboxylic acids is 1. The summed E-state index contributed by atoms with van der Waals surface area (Å²) in [5, 5.41) is 5.85. The molecule has 0 saturated heterocycles. The molecule has 1 amide bonds. The maximum absolute atomic E-state index is 12.3. The molecule has 0 aliphatic heterocycles. The molecule has 2 aromatic rings. The van der Waals surface area contributed by atoms with E-state index in [-0.39, 0.29) is 11.0 Å². The Bertz CT molecular complexity index is 766. The van der Waals surface area contributed by atoms with Crippen LogP contribution in [0.5, 0.6) is 11.5 Å². The monoisotopic (exact) mass is 436 g/mol. The van der Waals surface area contributed by atoms with Crippen molar-refractivity contribution in [3.63, 3.8) is 0 Å². The fraction of sp³-hybridized carbons (Fsp3) is 0.263. The number of ether oxygens (including phenoxy) is 2. The van der Waals surface area contributed by atoms with Crippen LogP contribution in [0.15, 0.2) is 46.9 Å². The lowest BCUT2D eigenvalue weighted by atomic mass is 10.2. The van der Waals surface area contributed by atoms with Crippen molar-refractivity contribution >= 4 is 44.9 Å². The van der Waals surface area contributed by atoms with Gasteiger partial charge >= 0.3 is 0 Å². The molecule has 0 bridgehead atoms. The smallest absolute Gasteiger partial charge is 0.257 e. The lowest BCUT2D eigenvalue weighted by molar-refractivity contribution is 0.0977. The quantitative estimate of drug-likeness (QED) is 0.483. The zero-order chi connectivity index (χ0) is 18.9. The second-order valence-corrected chi connectivity index (χ2v) is 6.75. The largest absolute Gasteiger partial charge is 0.496 e. The molecule has 138 valence electrons. The molecule has 0 radical (unpaired) electrons. The van der Waals surface area contributed by atoms with Gasteiger partial charge in [0.1, 0.15) is 11.5 Å². The minimum atomic E-state index is -0.282. The zero-order valence-electron chi connectivity index (χ0n) is 14.7. The third-order valence-corrected chi connectivity index (χ3v) is 4.34. The van der Waals surface area contributed by atoms with E-state index in [0.717, 1.165) is 28.8 Å². The molecule has 2 N–H and O–H groups in total. The molecule has 0 heterocycles. The van der Waals surface area contributed by atoms with E-state index in [4.69, 9.17) is 21.7 Å². The van der Waals surface area contributed by atoms with Crippen LogP contribution in [0.2, 0.25) is 0 Å². The highest BCUT2D eigenvalue weighted by Gasteiger charge is 2.09. The number of unbranched alkanes of at least 4 members (excludes halogenated alkanes) is 1. The number of rotatable bonds is 7. The number of benzene rings is 2. The normalized spacial score (nSPS) is 10.1. The number of methoxy groups -OCH3 is 1. The van der Waals surface area contributed by atoms with Gasteiger partial charge in [0.25, 0.3) is 5.91 Å². The number of carbonyl (C=O) groups is 1. The number of hydrogen-bond donors (Lipinski definition) is 2. The van der Waals surface area contributed by atoms with Crippen molar-refractivity contribution in [3.05, 3.63) is 52.5 Å². The van der Waals surface area contributed by atoms with E-state index in [1.807, 2.05) is 12.1 Å². The topological polar surface area (TPSA) is 59.6 Å². The number of amides is 1. The summed E-state index contributed by atoms with van der Waals surface area (Å²) in [6.45, 7) is 2.78. The summed E-state index contributed by atoms with van der Waals surface area (Å²) in [7, 11) is 1.60. The third kappa shape index (κ3) is 6.00. The Morgan fingerprint density at radius 3 is 2.54 bits per heavy atom. The first kappa shape index (κ1) is 20.2. The van der Waals surface area contributed by atoms with Gasteiger partial charge in [-0.3, -0.25) is 10.1 Å². The highest BCUT2D eigenvalue weighted by atomic mass is 79.9. The lowest BCUT2D eigenvalue weighted by Gasteiger charge is -2.11.